The van der Waals surface area contributed by atoms with Gasteiger partial charge in [0.15, 0.2) is 0 Å². The minimum Gasteiger partial charge on any atom is -0.366 e. The Morgan fingerprint density at radius 3 is 2.04 bits per heavy atom. The number of amides is 3. The minimum absolute atomic E-state index is 0.174. The van der Waals surface area contributed by atoms with E-state index in [0.717, 1.165) is 0 Å². The summed E-state index contributed by atoms with van der Waals surface area (Å²) >= 11 is 0. The average Bonchev–Trinajstić information content (AvgIpc) is 2.45. The zero-order chi connectivity index (χ0) is 17.6. The molecule has 3 amide bonds. The molecule has 0 atom stereocenters. The van der Waals surface area contributed by atoms with Crippen LogP contribution in [0.3, 0.4) is 0 Å². The number of anilines is 1. The number of nitrogens with two attached hydrogens (primary N) is 1. The first-order valence-electron chi connectivity index (χ1n) is 7.71. The van der Waals surface area contributed by atoms with Crippen LogP contribution in [0.5, 0.6) is 0 Å². The summed E-state index contributed by atoms with van der Waals surface area (Å²) < 4.78 is 0. The van der Waals surface area contributed by atoms with Crippen molar-refractivity contribution in [2.45, 2.75) is 27.7 Å². The van der Waals surface area contributed by atoms with Crippen LogP contribution >= 0.6 is 0 Å². The van der Waals surface area contributed by atoms with Crippen molar-refractivity contribution in [3.8, 4) is 0 Å². The van der Waals surface area contributed by atoms with Crippen molar-refractivity contribution in [3.63, 3.8) is 0 Å². The van der Waals surface area contributed by atoms with Crippen molar-refractivity contribution in [3.05, 3.63) is 29.8 Å². The number of hydrogen-bond acceptors (Lipinski definition) is 3. The van der Waals surface area contributed by atoms with Gasteiger partial charge in [-0.1, -0.05) is 39.8 Å². The molecule has 0 aliphatic carbocycles. The third-order valence-corrected chi connectivity index (χ3v) is 3.09. The SMILES string of the molecule is CC(C)CN(CC(C)C)C(=O)C(=O)Nc1ccccc1C(N)=O. The van der Waals surface area contributed by atoms with E-state index in [9.17, 15) is 14.4 Å². The van der Waals surface area contributed by atoms with E-state index in [1.54, 1.807) is 18.2 Å². The lowest BCUT2D eigenvalue weighted by Gasteiger charge is -2.25. The van der Waals surface area contributed by atoms with E-state index in [4.69, 9.17) is 5.73 Å². The molecule has 0 saturated carbocycles. The zero-order valence-corrected chi connectivity index (χ0v) is 14.1. The highest BCUT2D eigenvalue weighted by Crippen LogP contribution is 2.14. The molecule has 6 nitrogen and oxygen atoms in total. The van der Waals surface area contributed by atoms with E-state index in [0.29, 0.717) is 13.1 Å². The van der Waals surface area contributed by atoms with Crippen LogP contribution < -0.4 is 11.1 Å². The number of hydrogen-bond donors (Lipinski definition) is 2. The molecule has 0 heterocycles. The number of nitrogens with zero attached hydrogens (tertiary/aromatic N) is 1. The standard InChI is InChI=1S/C17H25N3O3/c1-11(2)9-20(10-12(3)4)17(23)16(22)19-14-8-6-5-7-13(14)15(18)21/h5-8,11-12H,9-10H2,1-4H3,(H2,18,21)(H,19,22). The molecule has 1 aromatic carbocycles. The molecule has 0 radical (unpaired) electrons. The fraction of sp³-hybridized carbons (Fsp3) is 0.471. The lowest BCUT2D eigenvalue weighted by atomic mass is 10.1. The first kappa shape index (κ1) is 18.7. The van der Waals surface area contributed by atoms with Crippen LogP contribution in [0, 0.1) is 11.8 Å². The molecule has 0 spiro atoms. The second-order valence-corrected chi connectivity index (χ2v) is 6.36. The summed E-state index contributed by atoms with van der Waals surface area (Å²) in [7, 11) is 0. The van der Waals surface area contributed by atoms with Crippen molar-refractivity contribution >= 4 is 23.4 Å². The van der Waals surface area contributed by atoms with Crippen molar-refractivity contribution in [2.24, 2.45) is 17.6 Å². The summed E-state index contributed by atoms with van der Waals surface area (Å²) in [6.45, 7) is 8.95. The van der Waals surface area contributed by atoms with E-state index in [2.05, 4.69) is 5.32 Å². The first-order chi connectivity index (χ1) is 10.7. The largest absolute Gasteiger partial charge is 0.366 e. The number of benzene rings is 1. The van der Waals surface area contributed by atoms with Gasteiger partial charge in [-0.3, -0.25) is 14.4 Å². The van der Waals surface area contributed by atoms with Crippen LogP contribution in [0.25, 0.3) is 0 Å². The van der Waals surface area contributed by atoms with Crippen LogP contribution in [0.2, 0.25) is 0 Å². The van der Waals surface area contributed by atoms with Crippen molar-refractivity contribution in [2.75, 3.05) is 18.4 Å². The third-order valence-electron chi connectivity index (χ3n) is 3.09. The van der Waals surface area contributed by atoms with Crippen molar-refractivity contribution < 1.29 is 14.4 Å². The lowest BCUT2D eigenvalue weighted by molar-refractivity contribution is -0.143. The Morgan fingerprint density at radius 1 is 1.04 bits per heavy atom. The second kappa shape index (κ2) is 8.31. The Labute approximate surface area is 137 Å². The van der Waals surface area contributed by atoms with Gasteiger partial charge in [0.25, 0.3) is 5.91 Å². The molecule has 1 rings (SSSR count). The molecule has 6 heteroatoms. The molecule has 0 aliphatic heterocycles. The monoisotopic (exact) mass is 319 g/mol. The highest BCUT2D eigenvalue weighted by molar-refractivity contribution is 6.39. The molecular formula is C17H25N3O3. The predicted octanol–water partition coefficient (Wildman–Crippen LogP) is 1.86. The summed E-state index contributed by atoms with van der Waals surface area (Å²) in [5, 5.41) is 2.49. The zero-order valence-electron chi connectivity index (χ0n) is 14.1. The van der Waals surface area contributed by atoms with Gasteiger partial charge in [-0.05, 0) is 24.0 Å². The van der Waals surface area contributed by atoms with Crippen LogP contribution in [-0.2, 0) is 9.59 Å². The Kier molecular flexibility index (Phi) is 6.75. The van der Waals surface area contributed by atoms with Gasteiger partial charge in [0.1, 0.15) is 0 Å². The Morgan fingerprint density at radius 2 is 1.57 bits per heavy atom. The number of primary amides is 1. The van der Waals surface area contributed by atoms with E-state index in [1.165, 1.54) is 11.0 Å². The quantitative estimate of drug-likeness (QED) is 0.784. The van der Waals surface area contributed by atoms with Crippen LogP contribution in [0.4, 0.5) is 5.69 Å². The number of rotatable bonds is 6. The molecule has 0 bridgehead atoms. The Hall–Kier alpha value is -2.37. The second-order valence-electron chi connectivity index (χ2n) is 6.36. The van der Waals surface area contributed by atoms with Gasteiger partial charge in [-0.2, -0.15) is 0 Å². The Bertz CT molecular complexity index is 572. The van der Waals surface area contributed by atoms with Gasteiger partial charge in [0, 0.05) is 13.1 Å². The van der Waals surface area contributed by atoms with E-state index < -0.39 is 17.7 Å². The van der Waals surface area contributed by atoms with Gasteiger partial charge in [-0.15, -0.1) is 0 Å². The highest BCUT2D eigenvalue weighted by Gasteiger charge is 2.24. The van der Waals surface area contributed by atoms with Crippen LogP contribution in [0.15, 0.2) is 24.3 Å². The van der Waals surface area contributed by atoms with Crippen molar-refractivity contribution in [1.82, 2.24) is 4.90 Å². The fourth-order valence-corrected chi connectivity index (χ4v) is 2.25. The molecular weight excluding hydrogens is 294 g/mol. The summed E-state index contributed by atoms with van der Waals surface area (Å²) in [5.41, 5.74) is 5.69. The number of para-hydroxylation sites is 1. The summed E-state index contributed by atoms with van der Waals surface area (Å²) in [6, 6.07) is 6.34. The van der Waals surface area contributed by atoms with E-state index in [-0.39, 0.29) is 23.1 Å². The summed E-state index contributed by atoms with van der Waals surface area (Å²) in [6.07, 6.45) is 0. The van der Waals surface area contributed by atoms with Crippen molar-refractivity contribution in [1.29, 1.82) is 0 Å². The molecule has 0 unspecified atom stereocenters. The summed E-state index contributed by atoms with van der Waals surface area (Å²) in [5.74, 6) is -1.52. The molecule has 0 fully saturated rings. The van der Waals surface area contributed by atoms with Crippen LogP contribution in [-0.4, -0.2) is 35.7 Å². The van der Waals surface area contributed by atoms with Gasteiger partial charge >= 0.3 is 11.8 Å². The third kappa shape index (κ3) is 5.73. The van der Waals surface area contributed by atoms with Gasteiger partial charge < -0.3 is 16.0 Å². The molecule has 23 heavy (non-hydrogen) atoms. The number of carbonyl (C=O) groups excluding carboxylic acids is 3. The molecule has 3 N–H and O–H groups in total. The van der Waals surface area contributed by atoms with E-state index in [1.807, 2.05) is 27.7 Å². The smallest absolute Gasteiger partial charge is 0.313 e. The molecule has 126 valence electrons. The summed E-state index contributed by atoms with van der Waals surface area (Å²) in [4.78, 5) is 37.5. The maximum atomic E-state index is 12.4. The van der Waals surface area contributed by atoms with Gasteiger partial charge in [-0.25, -0.2) is 0 Å². The minimum atomic E-state index is -0.764. The molecule has 1 aromatic rings. The predicted molar refractivity (Wildman–Crippen MR) is 89.8 cm³/mol. The maximum absolute atomic E-state index is 12.4. The normalized spacial score (nSPS) is 10.7. The molecule has 0 aliphatic rings. The maximum Gasteiger partial charge on any atom is 0.313 e. The topological polar surface area (TPSA) is 92.5 Å². The van der Waals surface area contributed by atoms with E-state index >= 15 is 0 Å². The Balaban J connectivity index is 2.90. The number of carbonyl (C=O) groups is 3. The molecule has 0 aromatic heterocycles. The first-order valence-corrected chi connectivity index (χ1v) is 7.71. The van der Waals surface area contributed by atoms with Gasteiger partial charge in [0.2, 0.25) is 0 Å². The molecule has 0 saturated heterocycles. The van der Waals surface area contributed by atoms with Crippen LogP contribution in [0.1, 0.15) is 38.1 Å². The average molecular weight is 319 g/mol. The fourth-order valence-electron chi connectivity index (χ4n) is 2.25. The highest BCUT2D eigenvalue weighted by atomic mass is 16.2. The number of nitrogens with one attached hydrogen (secondary N) is 1. The lowest BCUT2D eigenvalue weighted by Crippen LogP contribution is -2.43. The van der Waals surface area contributed by atoms with Gasteiger partial charge in [0.05, 0.1) is 11.3 Å².